The smallest absolute Gasteiger partial charge is 0.269 e. The molecule has 0 unspecified atom stereocenters. The monoisotopic (exact) mass is 345 g/mol. The fourth-order valence-electron chi connectivity index (χ4n) is 2.95. The van der Waals surface area contributed by atoms with Gasteiger partial charge in [-0.2, -0.15) is 0 Å². The van der Waals surface area contributed by atoms with E-state index in [1.165, 1.54) is 18.1 Å². The van der Waals surface area contributed by atoms with E-state index in [9.17, 15) is 4.79 Å². The number of aryl methyl sites for hydroxylation is 2. The Labute approximate surface area is 150 Å². The summed E-state index contributed by atoms with van der Waals surface area (Å²) in [6.07, 6.45) is 5.04. The summed E-state index contributed by atoms with van der Waals surface area (Å²) in [7, 11) is 0. The van der Waals surface area contributed by atoms with Crippen LogP contribution in [0, 0.1) is 13.8 Å². The summed E-state index contributed by atoms with van der Waals surface area (Å²) in [6.45, 7) is 4.46. The molecule has 1 aromatic carbocycles. The maximum absolute atomic E-state index is 12.3. The minimum Gasteiger partial charge on any atom is -0.345 e. The van der Waals surface area contributed by atoms with Crippen LogP contribution in [0.4, 0.5) is 0 Å². The lowest BCUT2D eigenvalue weighted by Gasteiger charge is -2.08. The normalized spacial score (nSPS) is 11.0. The molecule has 1 amide bonds. The summed E-state index contributed by atoms with van der Waals surface area (Å²) < 4.78 is 2.04. The molecule has 0 saturated carbocycles. The predicted octanol–water partition coefficient (Wildman–Crippen LogP) is 3.27. The number of nitrogens with one attached hydrogen (secondary N) is 2. The molecule has 26 heavy (non-hydrogen) atoms. The van der Waals surface area contributed by atoms with Gasteiger partial charge in [-0.15, -0.1) is 0 Å². The molecule has 0 fully saturated rings. The van der Waals surface area contributed by atoms with Crippen molar-refractivity contribution in [2.24, 2.45) is 0 Å². The van der Waals surface area contributed by atoms with Gasteiger partial charge in [-0.25, -0.2) is 9.97 Å². The lowest BCUT2D eigenvalue weighted by molar-refractivity contribution is 0.0946. The number of nitrogens with zero attached hydrogens (tertiary/aromatic N) is 3. The molecule has 6 nitrogen and oxygen atoms in total. The summed E-state index contributed by atoms with van der Waals surface area (Å²) in [4.78, 5) is 23.8. The van der Waals surface area contributed by atoms with Crippen LogP contribution in [0.25, 0.3) is 16.9 Å². The van der Waals surface area contributed by atoms with Gasteiger partial charge in [0, 0.05) is 11.8 Å². The number of aromatic nitrogens is 4. The van der Waals surface area contributed by atoms with E-state index in [-0.39, 0.29) is 5.91 Å². The largest absolute Gasteiger partial charge is 0.345 e. The van der Waals surface area contributed by atoms with Crippen LogP contribution in [-0.4, -0.2) is 25.3 Å². The molecule has 0 atom stereocenters. The van der Waals surface area contributed by atoms with Gasteiger partial charge < -0.3 is 14.7 Å². The lowest BCUT2D eigenvalue weighted by Crippen LogP contribution is -2.24. The Balaban J connectivity index is 1.75. The van der Waals surface area contributed by atoms with E-state index in [1.54, 1.807) is 0 Å². The molecule has 6 heteroatoms. The highest BCUT2D eigenvalue weighted by molar-refractivity contribution is 5.92. The number of imidazole rings is 2. The third-order valence-corrected chi connectivity index (χ3v) is 4.35. The van der Waals surface area contributed by atoms with E-state index < -0.39 is 0 Å². The van der Waals surface area contributed by atoms with E-state index in [4.69, 9.17) is 4.98 Å². The van der Waals surface area contributed by atoms with Gasteiger partial charge in [-0.05, 0) is 25.5 Å². The second kappa shape index (κ2) is 6.48. The Morgan fingerprint density at radius 3 is 2.62 bits per heavy atom. The van der Waals surface area contributed by atoms with Gasteiger partial charge in [0.2, 0.25) is 0 Å². The highest BCUT2D eigenvalue weighted by Gasteiger charge is 2.16. The van der Waals surface area contributed by atoms with Gasteiger partial charge in [0.25, 0.3) is 5.91 Å². The second-order valence-corrected chi connectivity index (χ2v) is 6.36. The first-order valence-corrected chi connectivity index (χ1v) is 8.43. The number of amides is 1. The standard InChI is InChI=1S/C20H19N5O/c1-13-3-6-15(7-4-13)19-17(10-22-20(26)16-9-21-12-23-16)25-11-14(2)5-8-18(25)24-19/h3-9,11-12H,10H2,1-2H3,(H,21,23)(H,22,26). The second-order valence-electron chi connectivity index (χ2n) is 6.36. The van der Waals surface area contributed by atoms with Gasteiger partial charge in [-0.3, -0.25) is 4.79 Å². The van der Waals surface area contributed by atoms with Crippen molar-refractivity contribution in [3.8, 4) is 11.3 Å². The van der Waals surface area contributed by atoms with Crippen LogP contribution in [0.2, 0.25) is 0 Å². The van der Waals surface area contributed by atoms with Crippen molar-refractivity contribution in [1.82, 2.24) is 24.7 Å². The van der Waals surface area contributed by atoms with E-state index in [2.05, 4.69) is 46.5 Å². The topological polar surface area (TPSA) is 75.1 Å². The minimum atomic E-state index is -0.194. The summed E-state index contributed by atoms with van der Waals surface area (Å²) in [5.74, 6) is -0.194. The first kappa shape index (κ1) is 16.1. The van der Waals surface area contributed by atoms with E-state index in [1.807, 2.05) is 29.7 Å². The molecule has 2 N–H and O–H groups in total. The van der Waals surface area contributed by atoms with E-state index in [0.29, 0.717) is 12.2 Å². The molecule has 0 aliphatic carbocycles. The van der Waals surface area contributed by atoms with Crippen LogP contribution in [0.15, 0.2) is 55.1 Å². The number of carbonyl (C=O) groups excluding carboxylic acids is 1. The SMILES string of the molecule is Cc1ccc(-c2nc3ccc(C)cn3c2CNC(=O)c2cnc[nH]2)cc1. The average molecular weight is 345 g/mol. The maximum Gasteiger partial charge on any atom is 0.269 e. The zero-order valence-electron chi connectivity index (χ0n) is 14.7. The number of fused-ring (bicyclic) bond motifs is 1. The third-order valence-electron chi connectivity index (χ3n) is 4.35. The fraction of sp³-hybridized carbons (Fsp3) is 0.150. The summed E-state index contributed by atoms with van der Waals surface area (Å²) in [6, 6.07) is 12.3. The highest BCUT2D eigenvalue weighted by Crippen LogP contribution is 2.25. The Kier molecular flexibility index (Phi) is 4.01. The first-order valence-electron chi connectivity index (χ1n) is 8.43. The van der Waals surface area contributed by atoms with Crippen molar-refractivity contribution < 1.29 is 4.79 Å². The number of H-pyrrole nitrogens is 1. The maximum atomic E-state index is 12.3. The van der Waals surface area contributed by atoms with Crippen molar-refractivity contribution in [3.63, 3.8) is 0 Å². The van der Waals surface area contributed by atoms with Crippen molar-refractivity contribution in [3.05, 3.63) is 77.6 Å². The number of pyridine rings is 1. The molecular formula is C20H19N5O. The van der Waals surface area contributed by atoms with Gasteiger partial charge in [0.1, 0.15) is 11.3 Å². The van der Waals surface area contributed by atoms with Crippen LogP contribution in [-0.2, 0) is 6.54 Å². The zero-order chi connectivity index (χ0) is 18.1. The molecule has 0 saturated heterocycles. The summed E-state index contributed by atoms with van der Waals surface area (Å²) in [5.41, 5.74) is 6.47. The van der Waals surface area contributed by atoms with Crippen molar-refractivity contribution in [1.29, 1.82) is 0 Å². The van der Waals surface area contributed by atoms with Crippen LogP contribution < -0.4 is 5.32 Å². The molecule has 3 aromatic heterocycles. The Hall–Kier alpha value is -3.41. The van der Waals surface area contributed by atoms with Crippen molar-refractivity contribution in [2.45, 2.75) is 20.4 Å². The van der Waals surface area contributed by atoms with Crippen molar-refractivity contribution in [2.75, 3.05) is 0 Å². The predicted molar refractivity (Wildman–Crippen MR) is 99.9 cm³/mol. The Bertz CT molecular complexity index is 1060. The minimum absolute atomic E-state index is 0.194. The van der Waals surface area contributed by atoms with Crippen LogP contribution in [0.5, 0.6) is 0 Å². The summed E-state index contributed by atoms with van der Waals surface area (Å²) in [5, 5.41) is 2.95. The highest BCUT2D eigenvalue weighted by atomic mass is 16.1. The molecular weight excluding hydrogens is 326 g/mol. The third kappa shape index (κ3) is 2.97. The van der Waals surface area contributed by atoms with Gasteiger partial charge in [0.05, 0.1) is 30.5 Å². The van der Waals surface area contributed by atoms with Gasteiger partial charge in [-0.1, -0.05) is 35.9 Å². The molecule has 4 rings (SSSR count). The van der Waals surface area contributed by atoms with Gasteiger partial charge >= 0.3 is 0 Å². The zero-order valence-corrected chi connectivity index (χ0v) is 14.7. The molecule has 0 aliphatic rings. The van der Waals surface area contributed by atoms with Crippen LogP contribution in [0.1, 0.15) is 27.3 Å². The molecule has 4 aromatic rings. The number of rotatable bonds is 4. The molecule has 0 bridgehead atoms. The fourth-order valence-corrected chi connectivity index (χ4v) is 2.95. The summed E-state index contributed by atoms with van der Waals surface area (Å²) >= 11 is 0. The molecule has 3 heterocycles. The number of carbonyl (C=O) groups is 1. The van der Waals surface area contributed by atoms with E-state index >= 15 is 0 Å². The number of hydrogen-bond donors (Lipinski definition) is 2. The molecule has 130 valence electrons. The van der Waals surface area contributed by atoms with Crippen LogP contribution >= 0.6 is 0 Å². The lowest BCUT2D eigenvalue weighted by atomic mass is 10.1. The van der Waals surface area contributed by atoms with Gasteiger partial charge in [0.15, 0.2) is 0 Å². The quantitative estimate of drug-likeness (QED) is 0.596. The molecule has 0 aliphatic heterocycles. The average Bonchev–Trinajstić information content (AvgIpc) is 3.28. The Morgan fingerprint density at radius 2 is 1.88 bits per heavy atom. The Morgan fingerprint density at radius 1 is 1.12 bits per heavy atom. The number of benzene rings is 1. The van der Waals surface area contributed by atoms with Crippen molar-refractivity contribution >= 4 is 11.6 Å². The van der Waals surface area contributed by atoms with Crippen LogP contribution in [0.3, 0.4) is 0 Å². The first-order chi connectivity index (χ1) is 12.6. The van der Waals surface area contributed by atoms with E-state index in [0.717, 1.165) is 28.2 Å². The number of aromatic amines is 1. The molecule has 0 spiro atoms. The number of hydrogen-bond acceptors (Lipinski definition) is 3. The molecule has 0 radical (unpaired) electrons.